The third kappa shape index (κ3) is 3.38. The Balaban J connectivity index is 1.66. The van der Waals surface area contributed by atoms with Crippen molar-refractivity contribution in [2.24, 2.45) is 0 Å². The van der Waals surface area contributed by atoms with Gasteiger partial charge in [-0.05, 0) is 41.3 Å². The fourth-order valence-electron chi connectivity index (χ4n) is 2.27. The maximum absolute atomic E-state index is 12.3. The molecule has 1 amide bonds. The number of rotatable bonds is 5. The maximum atomic E-state index is 12.3. The zero-order valence-electron chi connectivity index (χ0n) is 11.9. The van der Waals surface area contributed by atoms with Crippen LogP contribution in [0.4, 0.5) is 0 Å². The molecule has 3 aromatic rings. The molecule has 0 bridgehead atoms. The molecule has 5 heteroatoms. The molecule has 3 rings (SSSR count). The van der Waals surface area contributed by atoms with Gasteiger partial charge >= 0.3 is 0 Å². The number of hydrogen-bond acceptors (Lipinski definition) is 3. The summed E-state index contributed by atoms with van der Waals surface area (Å²) in [5.41, 5.74) is 1.50. The van der Waals surface area contributed by atoms with Gasteiger partial charge in [-0.25, -0.2) is 0 Å². The lowest BCUT2D eigenvalue weighted by Gasteiger charge is -2.09. The summed E-state index contributed by atoms with van der Waals surface area (Å²) < 4.78 is 1.93. The van der Waals surface area contributed by atoms with E-state index in [1.807, 2.05) is 40.4 Å². The highest BCUT2D eigenvalue weighted by Crippen LogP contribution is 2.14. The van der Waals surface area contributed by atoms with Gasteiger partial charge in [-0.15, -0.1) is 11.3 Å². The number of carbonyl (C=O) groups is 1. The first-order chi connectivity index (χ1) is 10.7. The largest absolute Gasteiger partial charge is 0.508 e. The van der Waals surface area contributed by atoms with Gasteiger partial charge in [0.05, 0.1) is 6.54 Å². The number of carbonyl (C=O) groups excluding carboxylic acids is 1. The van der Waals surface area contributed by atoms with Crippen molar-refractivity contribution >= 4 is 17.2 Å². The van der Waals surface area contributed by atoms with Crippen LogP contribution in [-0.2, 0) is 13.1 Å². The molecule has 0 aliphatic heterocycles. The number of aromatic nitrogens is 1. The van der Waals surface area contributed by atoms with E-state index >= 15 is 0 Å². The van der Waals surface area contributed by atoms with Gasteiger partial charge in [0.25, 0.3) is 5.91 Å². The van der Waals surface area contributed by atoms with Gasteiger partial charge < -0.3 is 15.0 Å². The predicted molar refractivity (Wildman–Crippen MR) is 87.1 cm³/mol. The summed E-state index contributed by atoms with van der Waals surface area (Å²) in [7, 11) is 0. The number of phenolic OH excluding ortho intramolecular Hbond substituents is 1. The van der Waals surface area contributed by atoms with Crippen LogP contribution in [0.3, 0.4) is 0 Å². The van der Waals surface area contributed by atoms with Crippen molar-refractivity contribution in [1.29, 1.82) is 0 Å². The Bertz CT molecular complexity index is 763. The summed E-state index contributed by atoms with van der Waals surface area (Å²) >= 11 is 1.67. The van der Waals surface area contributed by atoms with Gasteiger partial charge in [-0.2, -0.15) is 0 Å². The Morgan fingerprint density at radius 3 is 2.86 bits per heavy atom. The number of thiophene rings is 1. The average Bonchev–Trinajstić information content (AvgIpc) is 3.17. The van der Waals surface area contributed by atoms with Crippen LogP contribution < -0.4 is 5.32 Å². The van der Waals surface area contributed by atoms with E-state index in [9.17, 15) is 9.90 Å². The quantitative estimate of drug-likeness (QED) is 0.760. The van der Waals surface area contributed by atoms with E-state index in [-0.39, 0.29) is 11.7 Å². The van der Waals surface area contributed by atoms with Crippen LogP contribution in [0.2, 0.25) is 0 Å². The third-order valence-electron chi connectivity index (χ3n) is 3.33. The number of nitrogens with zero attached hydrogens (tertiary/aromatic N) is 1. The standard InChI is InChI=1S/C17H16N2O2S/c20-14-5-1-4-13(10-14)11-18-17(21)16-7-2-8-19(16)12-15-6-3-9-22-15/h1-10,20H,11-12H2,(H,18,21). The molecule has 2 aromatic heterocycles. The first-order valence-electron chi connectivity index (χ1n) is 6.96. The highest BCUT2D eigenvalue weighted by atomic mass is 32.1. The zero-order chi connectivity index (χ0) is 15.4. The number of nitrogens with one attached hydrogen (secondary N) is 1. The summed E-state index contributed by atoms with van der Waals surface area (Å²) in [4.78, 5) is 13.5. The second kappa shape index (κ2) is 6.49. The van der Waals surface area contributed by atoms with Crippen molar-refractivity contribution in [1.82, 2.24) is 9.88 Å². The van der Waals surface area contributed by atoms with E-state index in [1.54, 1.807) is 29.5 Å². The van der Waals surface area contributed by atoms with Crippen LogP contribution in [0, 0.1) is 0 Å². The van der Waals surface area contributed by atoms with Gasteiger partial charge in [0.1, 0.15) is 11.4 Å². The molecule has 0 spiro atoms. The Morgan fingerprint density at radius 1 is 1.18 bits per heavy atom. The van der Waals surface area contributed by atoms with E-state index < -0.39 is 0 Å². The minimum absolute atomic E-state index is 0.120. The number of amides is 1. The first-order valence-corrected chi connectivity index (χ1v) is 7.84. The van der Waals surface area contributed by atoms with Crippen LogP contribution in [0.25, 0.3) is 0 Å². The van der Waals surface area contributed by atoms with Crippen molar-refractivity contribution in [2.75, 3.05) is 0 Å². The van der Waals surface area contributed by atoms with Gasteiger partial charge in [-0.1, -0.05) is 18.2 Å². The molecular formula is C17H16N2O2S. The Morgan fingerprint density at radius 2 is 2.09 bits per heavy atom. The summed E-state index contributed by atoms with van der Waals surface area (Å²) in [5, 5.41) is 14.3. The maximum Gasteiger partial charge on any atom is 0.268 e. The normalized spacial score (nSPS) is 10.5. The highest BCUT2D eigenvalue weighted by Gasteiger charge is 2.11. The molecule has 1 aromatic carbocycles. The molecule has 2 heterocycles. The van der Waals surface area contributed by atoms with E-state index in [2.05, 4.69) is 11.4 Å². The Hall–Kier alpha value is -2.53. The lowest BCUT2D eigenvalue weighted by Crippen LogP contribution is -2.25. The van der Waals surface area contributed by atoms with Gasteiger partial charge in [0.2, 0.25) is 0 Å². The van der Waals surface area contributed by atoms with Crippen LogP contribution in [-0.4, -0.2) is 15.6 Å². The molecule has 4 nitrogen and oxygen atoms in total. The smallest absolute Gasteiger partial charge is 0.268 e. The second-order valence-corrected chi connectivity index (χ2v) is 5.99. The number of phenols is 1. The van der Waals surface area contributed by atoms with E-state index in [0.29, 0.717) is 18.8 Å². The van der Waals surface area contributed by atoms with Crippen molar-refractivity contribution in [3.8, 4) is 5.75 Å². The lowest BCUT2D eigenvalue weighted by molar-refractivity contribution is 0.0942. The van der Waals surface area contributed by atoms with Gasteiger partial charge in [0.15, 0.2) is 0 Å². The molecule has 112 valence electrons. The topological polar surface area (TPSA) is 54.3 Å². The molecular weight excluding hydrogens is 296 g/mol. The molecule has 0 radical (unpaired) electrons. The van der Waals surface area contributed by atoms with E-state index in [0.717, 1.165) is 5.56 Å². The number of benzene rings is 1. The Kier molecular flexibility index (Phi) is 4.25. The van der Waals surface area contributed by atoms with Gasteiger partial charge in [-0.3, -0.25) is 4.79 Å². The molecule has 0 fully saturated rings. The summed E-state index contributed by atoms with van der Waals surface area (Å²) in [6.45, 7) is 1.08. The molecule has 0 saturated carbocycles. The molecule has 0 unspecified atom stereocenters. The van der Waals surface area contributed by atoms with Crippen LogP contribution in [0.5, 0.6) is 5.75 Å². The van der Waals surface area contributed by atoms with Crippen molar-refractivity contribution in [3.63, 3.8) is 0 Å². The third-order valence-corrected chi connectivity index (χ3v) is 4.19. The fraction of sp³-hybridized carbons (Fsp3) is 0.118. The molecule has 22 heavy (non-hydrogen) atoms. The fourth-order valence-corrected chi connectivity index (χ4v) is 2.97. The number of hydrogen-bond donors (Lipinski definition) is 2. The lowest BCUT2D eigenvalue weighted by atomic mass is 10.2. The van der Waals surface area contributed by atoms with Crippen molar-refractivity contribution in [3.05, 3.63) is 76.2 Å². The van der Waals surface area contributed by atoms with Gasteiger partial charge in [0, 0.05) is 17.6 Å². The summed E-state index contributed by atoms with van der Waals surface area (Å²) in [5.74, 6) is 0.0812. The Labute approximate surface area is 132 Å². The minimum Gasteiger partial charge on any atom is -0.508 e. The van der Waals surface area contributed by atoms with Crippen LogP contribution in [0.15, 0.2) is 60.1 Å². The second-order valence-electron chi connectivity index (χ2n) is 4.95. The monoisotopic (exact) mass is 312 g/mol. The highest BCUT2D eigenvalue weighted by molar-refractivity contribution is 7.09. The van der Waals surface area contributed by atoms with Crippen molar-refractivity contribution < 1.29 is 9.90 Å². The van der Waals surface area contributed by atoms with Crippen LogP contribution >= 0.6 is 11.3 Å². The summed E-state index contributed by atoms with van der Waals surface area (Å²) in [6.07, 6.45) is 1.91. The zero-order valence-corrected chi connectivity index (χ0v) is 12.7. The predicted octanol–water partition coefficient (Wildman–Crippen LogP) is 3.23. The van der Waals surface area contributed by atoms with Crippen LogP contribution in [0.1, 0.15) is 20.9 Å². The van der Waals surface area contributed by atoms with Crippen molar-refractivity contribution in [2.45, 2.75) is 13.1 Å². The molecule has 0 aliphatic carbocycles. The number of aromatic hydroxyl groups is 1. The average molecular weight is 312 g/mol. The molecule has 0 atom stereocenters. The van der Waals surface area contributed by atoms with E-state index in [4.69, 9.17) is 0 Å². The minimum atomic E-state index is -0.120. The molecule has 0 aliphatic rings. The molecule has 0 saturated heterocycles. The SMILES string of the molecule is O=C(NCc1cccc(O)c1)c1cccn1Cc1cccs1. The van der Waals surface area contributed by atoms with E-state index in [1.165, 1.54) is 4.88 Å². The first kappa shape index (κ1) is 14.4. The molecule has 2 N–H and O–H groups in total. The summed E-state index contributed by atoms with van der Waals surface area (Å²) in [6, 6.07) is 14.6.